The highest BCUT2D eigenvalue weighted by atomic mass is 16.5. The topological polar surface area (TPSA) is 67.3 Å². The van der Waals surface area contributed by atoms with Gasteiger partial charge in [0.25, 0.3) is 5.91 Å². The highest BCUT2D eigenvalue weighted by Gasteiger charge is 2.33. The maximum atomic E-state index is 12.7. The maximum Gasteiger partial charge on any atom is 0.251 e. The van der Waals surface area contributed by atoms with Crippen LogP contribution in [0.4, 0.5) is 5.82 Å². The van der Waals surface area contributed by atoms with Gasteiger partial charge in [-0.3, -0.25) is 4.79 Å². The molecule has 1 saturated carbocycles. The molecule has 1 aliphatic carbocycles. The van der Waals surface area contributed by atoms with E-state index in [4.69, 9.17) is 4.74 Å². The summed E-state index contributed by atoms with van der Waals surface area (Å²) in [5.74, 6) is 1.87. The lowest BCUT2D eigenvalue weighted by Gasteiger charge is -2.41. The molecule has 6 heteroatoms. The van der Waals surface area contributed by atoms with E-state index < -0.39 is 5.60 Å². The van der Waals surface area contributed by atoms with E-state index in [0.717, 1.165) is 23.6 Å². The van der Waals surface area contributed by atoms with Crippen molar-refractivity contribution in [3.63, 3.8) is 0 Å². The molecule has 1 aromatic carbocycles. The lowest BCUT2D eigenvalue weighted by atomic mass is 10.0. The van der Waals surface area contributed by atoms with Gasteiger partial charge in [-0.2, -0.15) is 0 Å². The molecule has 4 rings (SSSR count). The molecule has 2 fully saturated rings. The monoisotopic (exact) mass is 394 g/mol. The Morgan fingerprint density at radius 1 is 1.31 bits per heavy atom. The second-order valence-corrected chi connectivity index (χ2v) is 8.76. The fourth-order valence-electron chi connectivity index (χ4n) is 3.80. The fraction of sp³-hybridized carbons (Fsp3) is 0.522. The molecule has 1 saturated heterocycles. The minimum absolute atomic E-state index is 0.0430. The van der Waals surface area contributed by atoms with E-state index >= 15 is 0 Å². The third kappa shape index (κ3) is 4.75. The van der Waals surface area contributed by atoms with Crippen molar-refractivity contribution in [2.24, 2.45) is 0 Å². The van der Waals surface area contributed by atoms with E-state index in [0.29, 0.717) is 31.5 Å². The number of aromatic nitrogens is 2. The van der Waals surface area contributed by atoms with Crippen LogP contribution in [0.5, 0.6) is 0 Å². The number of nitrogens with zero attached hydrogens (tertiary/aromatic N) is 3. The van der Waals surface area contributed by atoms with Gasteiger partial charge in [0.05, 0.1) is 6.61 Å². The fourth-order valence-corrected chi connectivity index (χ4v) is 3.80. The molecule has 6 nitrogen and oxygen atoms in total. The number of hydrogen-bond donors (Lipinski definition) is 1. The molecule has 1 N–H and O–H groups in total. The Balaban J connectivity index is 1.39. The first kappa shape index (κ1) is 19.8. The largest absolute Gasteiger partial charge is 0.370 e. The standard InChI is InChI=1S/C23H30N4O2/c1-16(2)20-12-21(26-15-25-20)27-9-10-29-23(3,14-27)13-24-22(28)19-6-4-5-18(11-19)17-7-8-17/h4-6,11-12,15-17H,7-10,13-14H2,1-3H3,(H,24,28). The third-order valence-electron chi connectivity index (χ3n) is 5.75. The molecule has 2 aliphatic rings. The summed E-state index contributed by atoms with van der Waals surface area (Å²) in [7, 11) is 0. The maximum absolute atomic E-state index is 12.7. The summed E-state index contributed by atoms with van der Waals surface area (Å²) in [5.41, 5.74) is 2.56. The van der Waals surface area contributed by atoms with Crippen molar-refractivity contribution in [1.82, 2.24) is 15.3 Å². The van der Waals surface area contributed by atoms with Gasteiger partial charge in [-0.05, 0) is 49.3 Å². The Hall–Kier alpha value is -2.47. The summed E-state index contributed by atoms with van der Waals surface area (Å²) in [6.07, 6.45) is 4.09. The first-order chi connectivity index (χ1) is 13.9. The molecule has 1 aromatic heterocycles. The first-order valence-corrected chi connectivity index (χ1v) is 10.5. The van der Waals surface area contributed by atoms with Crippen LogP contribution < -0.4 is 10.2 Å². The number of nitrogens with one attached hydrogen (secondary N) is 1. The van der Waals surface area contributed by atoms with Crippen molar-refractivity contribution in [2.75, 3.05) is 31.1 Å². The van der Waals surface area contributed by atoms with E-state index in [2.05, 4.69) is 46.2 Å². The zero-order valence-electron chi connectivity index (χ0n) is 17.5. The number of amides is 1. The van der Waals surface area contributed by atoms with Crippen LogP contribution in [0.1, 0.15) is 67.1 Å². The van der Waals surface area contributed by atoms with E-state index in [1.165, 1.54) is 18.4 Å². The van der Waals surface area contributed by atoms with Crippen LogP contribution in [0, 0.1) is 0 Å². The molecule has 0 spiro atoms. The van der Waals surface area contributed by atoms with Crippen LogP contribution >= 0.6 is 0 Å². The number of rotatable bonds is 6. The molecule has 1 amide bonds. The number of morpholine rings is 1. The van der Waals surface area contributed by atoms with Gasteiger partial charge in [0.1, 0.15) is 17.7 Å². The van der Waals surface area contributed by atoms with Crippen molar-refractivity contribution >= 4 is 11.7 Å². The minimum Gasteiger partial charge on any atom is -0.370 e. The zero-order chi connectivity index (χ0) is 20.4. The van der Waals surface area contributed by atoms with Gasteiger partial charge in [-0.1, -0.05) is 26.0 Å². The van der Waals surface area contributed by atoms with Gasteiger partial charge in [-0.15, -0.1) is 0 Å². The van der Waals surface area contributed by atoms with Gasteiger partial charge in [0.15, 0.2) is 0 Å². The number of carbonyl (C=O) groups is 1. The van der Waals surface area contributed by atoms with Crippen LogP contribution in [0.15, 0.2) is 36.7 Å². The molecule has 154 valence electrons. The molecule has 2 aromatic rings. The van der Waals surface area contributed by atoms with Crippen molar-refractivity contribution in [3.05, 3.63) is 53.5 Å². The van der Waals surface area contributed by atoms with Crippen LogP contribution in [-0.4, -0.2) is 47.7 Å². The van der Waals surface area contributed by atoms with Crippen molar-refractivity contribution in [2.45, 2.75) is 51.0 Å². The van der Waals surface area contributed by atoms with Crippen molar-refractivity contribution in [3.8, 4) is 0 Å². The van der Waals surface area contributed by atoms with Crippen LogP contribution in [0.25, 0.3) is 0 Å². The number of ether oxygens (including phenoxy) is 1. The average Bonchev–Trinajstić information content (AvgIpc) is 3.58. The number of carbonyl (C=O) groups excluding carboxylic acids is 1. The third-order valence-corrected chi connectivity index (χ3v) is 5.75. The minimum atomic E-state index is -0.467. The quantitative estimate of drug-likeness (QED) is 0.812. The Bertz CT molecular complexity index is 881. The lowest BCUT2D eigenvalue weighted by Crippen LogP contribution is -2.56. The zero-order valence-corrected chi connectivity index (χ0v) is 17.5. The Kier molecular flexibility index (Phi) is 5.54. The predicted molar refractivity (Wildman–Crippen MR) is 113 cm³/mol. The van der Waals surface area contributed by atoms with Crippen molar-refractivity contribution in [1.29, 1.82) is 0 Å². The SMILES string of the molecule is CC(C)c1cc(N2CCOC(C)(CNC(=O)c3cccc(C4CC4)c3)C2)ncn1. The number of benzene rings is 1. The molecular formula is C23H30N4O2. The number of hydrogen-bond acceptors (Lipinski definition) is 5. The van der Waals surface area contributed by atoms with Gasteiger partial charge in [0, 0.05) is 37.0 Å². The van der Waals surface area contributed by atoms with E-state index in [9.17, 15) is 4.79 Å². The molecule has 1 unspecified atom stereocenters. The highest BCUT2D eigenvalue weighted by molar-refractivity contribution is 5.94. The normalized spacial score (nSPS) is 22.0. The summed E-state index contributed by atoms with van der Waals surface area (Å²) in [6.45, 7) is 8.81. The second kappa shape index (κ2) is 8.11. The van der Waals surface area contributed by atoms with Crippen LogP contribution in [0.3, 0.4) is 0 Å². The molecular weight excluding hydrogens is 364 g/mol. The second-order valence-electron chi connectivity index (χ2n) is 8.76. The molecule has 0 radical (unpaired) electrons. The number of anilines is 1. The predicted octanol–water partition coefficient (Wildman–Crippen LogP) is 3.50. The van der Waals surface area contributed by atoms with E-state index in [1.54, 1.807) is 6.33 Å². The highest BCUT2D eigenvalue weighted by Crippen LogP contribution is 2.40. The molecule has 1 aliphatic heterocycles. The van der Waals surface area contributed by atoms with Crippen LogP contribution in [0.2, 0.25) is 0 Å². The van der Waals surface area contributed by atoms with Gasteiger partial charge in [-0.25, -0.2) is 9.97 Å². The molecule has 1 atom stereocenters. The van der Waals surface area contributed by atoms with Gasteiger partial charge < -0.3 is 15.0 Å². The van der Waals surface area contributed by atoms with E-state index in [1.807, 2.05) is 25.1 Å². The Morgan fingerprint density at radius 2 is 2.14 bits per heavy atom. The van der Waals surface area contributed by atoms with Crippen LogP contribution in [-0.2, 0) is 4.74 Å². The summed E-state index contributed by atoms with van der Waals surface area (Å²) >= 11 is 0. The molecule has 2 heterocycles. The molecule has 0 bridgehead atoms. The first-order valence-electron chi connectivity index (χ1n) is 10.5. The summed E-state index contributed by atoms with van der Waals surface area (Å²) in [4.78, 5) is 23.7. The molecule has 29 heavy (non-hydrogen) atoms. The summed E-state index contributed by atoms with van der Waals surface area (Å²) in [6, 6.07) is 10.1. The van der Waals surface area contributed by atoms with Crippen molar-refractivity contribution < 1.29 is 9.53 Å². The summed E-state index contributed by atoms with van der Waals surface area (Å²) < 4.78 is 6.05. The lowest BCUT2D eigenvalue weighted by molar-refractivity contribution is -0.0395. The average molecular weight is 395 g/mol. The Labute approximate surface area is 172 Å². The smallest absolute Gasteiger partial charge is 0.251 e. The van der Waals surface area contributed by atoms with E-state index in [-0.39, 0.29) is 5.91 Å². The Morgan fingerprint density at radius 3 is 2.90 bits per heavy atom. The van der Waals surface area contributed by atoms with Gasteiger partial charge in [0.2, 0.25) is 0 Å². The summed E-state index contributed by atoms with van der Waals surface area (Å²) in [5, 5.41) is 3.07. The van der Waals surface area contributed by atoms with Gasteiger partial charge >= 0.3 is 0 Å².